The number of carbonyl (C=O) groups excluding carboxylic acids is 2. The molecular weight excluding hydrogens is 420 g/mol. The highest BCUT2D eigenvalue weighted by Crippen LogP contribution is 2.42. The van der Waals surface area contributed by atoms with Crippen LogP contribution < -0.4 is 4.74 Å². The number of carbonyl (C=O) groups is 2. The van der Waals surface area contributed by atoms with E-state index in [4.69, 9.17) is 9.15 Å². The normalized spacial score (nSPS) is 17.7. The van der Waals surface area contributed by atoms with Crippen LogP contribution in [-0.2, 0) is 16.1 Å². The lowest BCUT2D eigenvalue weighted by atomic mass is 9.92. The molecule has 0 aliphatic carbocycles. The summed E-state index contributed by atoms with van der Waals surface area (Å²) in [5.74, 6) is -0.426. The number of aliphatic hydroxyl groups excluding tert-OH is 1. The van der Waals surface area contributed by atoms with Crippen LogP contribution in [0.5, 0.6) is 5.75 Å². The van der Waals surface area contributed by atoms with Gasteiger partial charge in [0.2, 0.25) is 0 Å². The molecule has 1 aliphatic heterocycles. The van der Waals surface area contributed by atoms with E-state index in [9.17, 15) is 14.7 Å². The summed E-state index contributed by atoms with van der Waals surface area (Å²) in [5.41, 5.74) is 2.92. The number of aromatic nitrogens is 1. The molecule has 1 amide bonds. The van der Waals surface area contributed by atoms with Crippen molar-refractivity contribution in [3.63, 3.8) is 0 Å². The van der Waals surface area contributed by atoms with Crippen molar-refractivity contribution in [2.24, 2.45) is 0 Å². The molecule has 0 saturated carbocycles. The number of benzene rings is 1. The summed E-state index contributed by atoms with van der Waals surface area (Å²) in [6.07, 6.45) is 4.74. The quantitative estimate of drug-likeness (QED) is 0.334. The van der Waals surface area contributed by atoms with Crippen molar-refractivity contribution in [2.45, 2.75) is 39.3 Å². The predicted octanol–water partition coefficient (Wildman–Crippen LogP) is 4.74. The molecule has 0 bridgehead atoms. The zero-order chi connectivity index (χ0) is 23.7. The molecule has 7 heteroatoms. The Morgan fingerprint density at radius 2 is 1.94 bits per heavy atom. The van der Waals surface area contributed by atoms with Gasteiger partial charge in [-0.25, -0.2) is 0 Å². The van der Waals surface area contributed by atoms with Gasteiger partial charge in [0, 0.05) is 24.5 Å². The Hall–Kier alpha value is -3.87. The smallest absolute Gasteiger partial charge is 0.296 e. The number of nitrogens with zero attached hydrogens (tertiary/aromatic N) is 2. The number of rotatable bonds is 6. The second kappa shape index (κ2) is 8.94. The minimum atomic E-state index is -0.850. The van der Waals surface area contributed by atoms with E-state index >= 15 is 0 Å². The number of pyridine rings is 1. The highest BCUT2D eigenvalue weighted by molar-refractivity contribution is 6.46. The van der Waals surface area contributed by atoms with Crippen LogP contribution >= 0.6 is 0 Å². The highest BCUT2D eigenvalue weighted by atomic mass is 16.5. The maximum absolute atomic E-state index is 13.2. The lowest BCUT2D eigenvalue weighted by Gasteiger charge is -2.23. The summed E-state index contributed by atoms with van der Waals surface area (Å²) in [5, 5.41) is 11.4. The first-order valence-corrected chi connectivity index (χ1v) is 10.7. The van der Waals surface area contributed by atoms with Crippen LogP contribution in [0.3, 0.4) is 0 Å². The molecule has 3 heterocycles. The van der Waals surface area contributed by atoms with E-state index < -0.39 is 17.7 Å². The number of ketones is 1. The third kappa shape index (κ3) is 4.02. The second-order valence-electron chi connectivity index (χ2n) is 8.36. The van der Waals surface area contributed by atoms with Crippen molar-refractivity contribution in [3.8, 4) is 5.75 Å². The Bertz CT molecular complexity index is 1210. The molecule has 0 radical (unpaired) electrons. The number of ether oxygens (including phenoxy) is 1. The largest absolute Gasteiger partial charge is 0.507 e. The topological polar surface area (TPSA) is 92.9 Å². The van der Waals surface area contributed by atoms with E-state index in [0.29, 0.717) is 17.1 Å². The summed E-state index contributed by atoms with van der Waals surface area (Å²) in [7, 11) is 1.60. The number of likely N-dealkylation sites (tertiary alicyclic amines) is 1. The fourth-order valence-electron chi connectivity index (χ4n) is 4.20. The van der Waals surface area contributed by atoms with Crippen molar-refractivity contribution in [1.82, 2.24) is 9.88 Å². The predicted molar refractivity (Wildman–Crippen MR) is 123 cm³/mol. The average molecular weight is 447 g/mol. The molecule has 1 aliphatic rings. The van der Waals surface area contributed by atoms with Gasteiger partial charge in [0.25, 0.3) is 11.7 Å². The molecule has 1 fully saturated rings. The first-order valence-electron chi connectivity index (χ1n) is 10.7. The van der Waals surface area contributed by atoms with E-state index in [-0.39, 0.29) is 23.8 Å². The molecule has 1 saturated heterocycles. The van der Waals surface area contributed by atoms with E-state index in [0.717, 1.165) is 16.7 Å². The van der Waals surface area contributed by atoms with Gasteiger partial charge in [0.15, 0.2) is 0 Å². The lowest BCUT2D eigenvalue weighted by Crippen LogP contribution is -2.29. The molecule has 1 unspecified atom stereocenters. The van der Waals surface area contributed by atoms with Crippen molar-refractivity contribution >= 4 is 17.4 Å². The van der Waals surface area contributed by atoms with Crippen LogP contribution in [-0.4, -0.2) is 33.8 Å². The van der Waals surface area contributed by atoms with Crippen LogP contribution in [0.25, 0.3) is 5.76 Å². The molecule has 1 atom stereocenters. The Kier molecular flexibility index (Phi) is 6.05. The Morgan fingerprint density at radius 3 is 2.55 bits per heavy atom. The van der Waals surface area contributed by atoms with E-state index in [1.165, 1.54) is 11.2 Å². The SMILES string of the molecule is COc1cc(C)c(/C(O)=C2\C(=O)C(=O)N(Cc3ccncc3)C2c2ccco2)cc1C(C)C. The van der Waals surface area contributed by atoms with Gasteiger partial charge in [0.1, 0.15) is 23.3 Å². The standard InChI is InChI=1S/C26H26N2O5/c1-15(2)18-13-19(16(3)12-21(18)32-4)24(29)22-23(20-6-5-11-33-20)28(26(31)25(22)30)14-17-7-9-27-10-8-17/h5-13,15,23,29H,14H2,1-4H3/b24-22+. The number of furan rings is 1. The number of hydrogen-bond donors (Lipinski definition) is 1. The summed E-state index contributed by atoms with van der Waals surface area (Å²) >= 11 is 0. The van der Waals surface area contributed by atoms with Crippen molar-refractivity contribution in [1.29, 1.82) is 0 Å². The van der Waals surface area contributed by atoms with E-state index in [2.05, 4.69) is 4.98 Å². The molecule has 1 aromatic carbocycles. The highest BCUT2D eigenvalue weighted by Gasteiger charge is 2.47. The summed E-state index contributed by atoms with van der Waals surface area (Å²) < 4.78 is 11.1. The van der Waals surface area contributed by atoms with E-state index in [1.807, 2.05) is 32.9 Å². The Balaban J connectivity index is 1.88. The molecule has 3 aromatic rings. The number of methoxy groups -OCH3 is 1. The fraction of sp³-hybridized carbons (Fsp3) is 0.269. The fourth-order valence-corrected chi connectivity index (χ4v) is 4.20. The minimum absolute atomic E-state index is 0.00646. The number of aliphatic hydroxyl groups is 1. The van der Waals surface area contributed by atoms with Crippen LogP contribution in [0, 0.1) is 6.92 Å². The summed E-state index contributed by atoms with van der Waals surface area (Å²) in [6.45, 7) is 6.05. The molecule has 1 N–H and O–H groups in total. The van der Waals surface area contributed by atoms with Gasteiger partial charge in [-0.3, -0.25) is 14.6 Å². The van der Waals surface area contributed by atoms with Gasteiger partial charge in [-0.2, -0.15) is 0 Å². The maximum Gasteiger partial charge on any atom is 0.296 e. The van der Waals surface area contributed by atoms with Crippen LogP contribution in [0.15, 0.2) is 65.0 Å². The average Bonchev–Trinajstić information content (AvgIpc) is 3.41. The number of aryl methyl sites for hydroxylation is 1. The molecule has 0 spiro atoms. The summed E-state index contributed by atoms with van der Waals surface area (Å²) in [4.78, 5) is 31.7. The van der Waals surface area contributed by atoms with Crippen LogP contribution in [0.1, 0.15) is 53.8 Å². The zero-order valence-electron chi connectivity index (χ0n) is 19.0. The molecule has 170 valence electrons. The van der Waals surface area contributed by atoms with Crippen molar-refractivity contribution in [3.05, 3.63) is 88.6 Å². The van der Waals surface area contributed by atoms with Gasteiger partial charge in [-0.1, -0.05) is 13.8 Å². The van der Waals surface area contributed by atoms with Crippen LogP contribution in [0.4, 0.5) is 0 Å². The molecule has 2 aromatic heterocycles. The molecule has 4 rings (SSSR count). The minimum Gasteiger partial charge on any atom is -0.507 e. The Labute approximate surface area is 192 Å². The van der Waals surface area contributed by atoms with Gasteiger partial charge in [0.05, 0.1) is 18.9 Å². The van der Waals surface area contributed by atoms with Gasteiger partial charge < -0.3 is 19.2 Å². The second-order valence-corrected chi connectivity index (χ2v) is 8.36. The summed E-state index contributed by atoms with van der Waals surface area (Å²) in [6, 6.07) is 9.75. The van der Waals surface area contributed by atoms with Crippen LogP contribution in [0.2, 0.25) is 0 Å². The van der Waals surface area contributed by atoms with Gasteiger partial charge >= 0.3 is 0 Å². The van der Waals surface area contributed by atoms with Crippen molar-refractivity contribution < 1.29 is 23.8 Å². The maximum atomic E-state index is 13.2. The number of Topliss-reactive ketones (excluding diaryl/α,β-unsaturated/α-hetero) is 1. The third-order valence-corrected chi connectivity index (χ3v) is 5.91. The Morgan fingerprint density at radius 1 is 1.21 bits per heavy atom. The first kappa shape index (κ1) is 22.3. The van der Waals surface area contributed by atoms with Gasteiger partial charge in [-0.05, 0) is 65.9 Å². The molecular formula is C26H26N2O5. The zero-order valence-corrected chi connectivity index (χ0v) is 19.0. The molecule has 33 heavy (non-hydrogen) atoms. The van der Waals surface area contributed by atoms with E-state index in [1.54, 1.807) is 43.8 Å². The number of hydrogen-bond acceptors (Lipinski definition) is 6. The number of amides is 1. The van der Waals surface area contributed by atoms with Gasteiger partial charge in [-0.15, -0.1) is 0 Å². The monoisotopic (exact) mass is 446 g/mol. The molecule has 7 nitrogen and oxygen atoms in total. The van der Waals surface area contributed by atoms with Crippen molar-refractivity contribution in [2.75, 3.05) is 7.11 Å². The lowest BCUT2D eigenvalue weighted by molar-refractivity contribution is -0.140. The third-order valence-electron chi connectivity index (χ3n) is 5.91. The first-order chi connectivity index (χ1) is 15.8.